The molecule has 1 aliphatic heterocycles. The molecule has 1 aliphatic rings. The number of halogens is 3. The number of nitro groups is 1. The number of anilines is 1. The molecular formula is C19H21F3N4O2. The van der Waals surface area contributed by atoms with Crippen LogP contribution in [0.15, 0.2) is 36.5 Å². The number of benzene rings is 1. The molecule has 0 bridgehead atoms. The van der Waals surface area contributed by atoms with Crippen molar-refractivity contribution in [2.24, 2.45) is 0 Å². The van der Waals surface area contributed by atoms with Crippen molar-refractivity contribution >= 4 is 11.5 Å². The van der Waals surface area contributed by atoms with E-state index in [0.29, 0.717) is 23.5 Å². The number of hydrogen-bond donors (Lipinski definition) is 1. The lowest BCUT2D eigenvalue weighted by molar-refractivity contribution is -0.385. The topological polar surface area (TPSA) is 71.3 Å². The van der Waals surface area contributed by atoms with Crippen molar-refractivity contribution < 1.29 is 18.1 Å². The number of aromatic nitrogens is 1. The minimum atomic E-state index is -4.33. The van der Waals surface area contributed by atoms with Gasteiger partial charge in [-0.2, -0.15) is 13.2 Å². The van der Waals surface area contributed by atoms with Crippen molar-refractivity contribution in [1.82, 2.24) is 9.88 Å². The zero-order chi connectivity index (χ0) is 20.3. The highest BCUT2D eigenvalue weighted by Gasteiger charge is 2.30. The molecule has 3 rings (SSSR count). The van der Waals surface area contributed by atoms with Gasteiger partial charge in [-0.3, -0.25) is 15.0 Å². The van der Waals surface area contributed by atoms with E-state index in [1.54, 1.807) is 13.0 Å². The van der Waals surface area contributed by atoms with Crippen molar-refractivity contribution in [3.8, 4) is 0 Å². The number of rotatable bonds is 5. The van der Waals surface area contributed by atoms with Gasteiger partial charge < -0.3 is 5.32 Å². The second-order valence-corrected chi connectivity index (χ2v) is 7.01. The zero-order valence-corrected chi connectivity index (χ0v) is 15.4. The van der Waals surface area contributed by atoms with Gasteiger partial charge in [0.25, 0.3) is 5.69 Å². The van der Waals surface area contributed by atoms with Crippen molar-refractivity contribution in [2.45, 2.75) is 38.5 Å². The summed E-state index contributed by atoms with van der Waals surface area (Å²) >= 11 is 0. The molecule has 6 nitrogen and oxygen atoms in total. The Morgan fingerprint density at radius 2 is 2.00 bits per heavy atom. The Morgan fingerprint density at radius 1 is 1.29 bits per heavy atom. The van der Waals surface area contributed by atoms with Gasteiger partial charge in [0.1, 0.15) is 12.0 Å². The van der Waals surface area contributed by atoms with Gasteiger partial charge in [-0.05, 0) is 37.0 Å². The number of alkyl halides is 3. The van der Waals surface area contributed by atoms with Crippen molar-refractivity contribution in [3.05, 3.63) is 63.3 Å². The molecule has 9 heteroatoms. The predicted molar refractivity (Wildman–Crippen MR) is 99.0 cm³/mol. The number of piperidine rings is 1. The maximum atomic E-state index is 12.8. The third-order valence-electron chi connectivity index (χ3n) is 4.86. The lowest BCUT2D eigenvalue weighted by atomic mass is 10.0. The quantitative estimate of drug-likeness (QED) is 0.601. The van der Waals surface area contributed by atoms with E-state index in [4.69, 9.17) is 0 Å². The highest BCUT2D eigenvalue weighted by molar-refractivity contribution is 5.48. The maximum absolute atomic E-state index is 12.8. The molecule has 28 heavy (non-hydrogen) atoms. The molecule has 2 aromatic rings. The highest BCUT2D eigenvalue weighted by Crippen LogP contribution is 2.30. The molecule has 1 aromatic heterocycles. The summed E-state index contributed by atoms with van der Waals surface area (Å²) in [6.07, 6.45) is -1.46. The second-order valence-electron chi connectivity index (χ2n) is 7.01. The van der Waals surface area contributed by atoms with E-state index in [-0.39, 0.29) is 11.7 Å². The van der Waals surface area contributed by atoms with Gasteiger partial charge in [-0.15, -0.1) is 0 Å². The molecule has 1 aromatic carbocycles. The van der Waals surface area contributed by atoms with Crippen LogP contribution in [0.1, 0.15) is 29.5 Å². The van der Waals surface area contributed by atoms with Crippen LogP contribution in [-0.2, 0) is 12.7 Å². The Morgan fingerprint density at radius 3 is 2.61 bits per heavy atom. The van der Waals surface area contributed by atoms with E-state index in [0.717, 1.165) is 32.0 Å². The molecule has 1 saturated heterocycles. The van der Waals surface area contributed by atoms with Gasteiger partial charge in [-0.1, -0.05) is 18.2 Å². The maximum Gasteiger partial charge on any atom is 0.416 e. The summed E-state index contributed by atoms with van der Waals surface area (Å²) in [6.45, 7) is 3.75. The Hall–Kier alpha value is -2.68. The lowest BCUT2D eigenvalue weighted by Gasteiger charge is -2.33. The van der Waals surface area contributed by atoms with Crippen LogP contribution in [0.2, 0.25) is 0 Å². The molecule has 0 unspecified atom stereocenters. The van der Waals surface area contributed by atoms with Gasteiger partial charge >= 0.3 is 6.18 Å². The van der Waals surface area contributed by atoms with E-state index >= 15 is 0 Å². The summed E-state index contributed by atoms with van der Waals surface area (Å²) < 4.78 is 38.5. The first-order valence-electron chi connectivity index (χ1n) is 8.98. The van der Waals surface area contributed by atoms with Crippen molar-refractivity contribution in [2.75, 3.05) is 18.4 Å². The summed E-state index contributed by atoms with van der Waals surface area (Å²) in [7, 11) is 0. The third-order valence-corrected chi connectivity index (χ3v) is 4.86. The minimum Gasteiger partial charge on any atom is -0.367 e. The Kier molecular flexibility index (Phi) is 5.83. The molecule has 1 fully saturated rings. The number of aryl methyl sites for hydroxylation is 1. The normalized spacial score (nSPS) is 16.1. The van der Waals surface area contributed by atoms with Crippen LogP contribution >= 0.6 is 0 Å². The van der Waals surface area contributed by atoms with Gasteiger partial charge in [0, 0.05) is 31.7 Å². The van der Waals surface area contributed by atoms with Crippen LogP contribution < -0.4 is 5.32 Å². The molecule has 150 valence electrons. The SMILES string of the molecule is Cc1cc([N+](=O)[O-])cnc1NC1CCN(Cc2cccc(C(F)(F)F)c2)CC1. The fourth-order valence-corrected chi connectivity index (χ4v) is 3.34. The molecule has 0 saturated carbocycles. The monoisotopic (exact) mass is 394 g/mol. The number of pyridine rings is 1. The van der Waals surface area contributed by atoms with Crippen molar-refractivity contribution in [3.63, 3.8) is 0 Å². The van der Waals surface area contributed by atoms with Crippen LogP contribution in [-0.4, -0.2) is 33.9 Å². The first kappa shape index (κ1) is 20.1. The van der Waals surface area contributed by atoms with Crippen LogP contribution in [0, 0.1) is 17.0 Å². The number of nitrogens with zero attached hydrogens (tertiary/aromatic N) is 3. The smallest absolute Gasteiger partial charge is 0.367 e. The van der Waals surface area contributed by atoms with E-state index in [9.17, 15) is 23.3 Å². The standard InChI is InChI=1S/C19H21F3N4O2/c1-13-9-17(26(27)28)11-23-18(13)24-16-5-7-25(8-6-16)12-14-3-2-4-15(10-14)19(20,21)22/h2-4,9-11,16H,5-8,12H2,1H3,(H,23,24). The molecule has 0 spiro atoms. The predicted octanol–water partition coefficient (Wildman–Crippen LogP) is 4.39. The van der Waals surface area contributed by atoms with Gasteiger partial charge in [0.15, 0.2) is 0 Å². The summed E-state index contributed by atoms with van der Waals surface area (Å²) in [5, 5.41) is 14.1. The van der Waals surface area contributed by atoms with Crippen LogP contribution in [0.25, 0.3) is 0 Å². The van der Waals surface area contributed by atoms with Crippen LogP contribution in [0.3, 0.4) is 0 Å². The molecule has 2 heterocycles. The Bertz CT molecular complexity index is 849. The summed E-state index contributed by atoms with van der Waals surface area (Å²) in [4.78, 5) is 16.6. The van der Waals surface area contributed by atoms with E-state index in [1.165, 1.54) is 24.4 Å². The van der Waals surface area contributed by atoms with E-state index in [1.807, 2.05) is 0 Å². The lowest BCUT2D eigenvalue weighted by Crippen LogP contribution is -2.39. The zero-order valence-electron chi connectivity index (χ0n) is 15.4. The Labute approximate surface area is 160 Å². The van der Waals surface area contributed by atoms with Crippen molar-refractivity contribution in [1.29, 1.82) is 0 Å². The fraction of sp³-hybridized carbons (Fsp3) is 0.421. The van der Waals surface area contributed by atoms with Gasteiger partial charge in [0.2, 0.25) is 0 Å². The molecule has 0 amide bonds. The molecule has 0 radical (unpaired) electrons. The van der Waals surface area contributed by atoms with E-state index < -0.39 is 16.7 Å². The molecule has 0 atom stereocenters. The fourth-order valence-electron chi connectivity index (χ4n) is 3.34. The summed E-state index contributed by atoms with van der Waals surface area (Å²) in [5.74, 6) is 0.627. The van der Waals surface area contributed by atoms with Crippen LogP contribution in [0.5, 0.6) is 0 Å². The highest BCUT2D eigenvalue weighted by atomic mass is 19.4. The van der Waals surface area contributed by atoms with Crippen LogP contribution in [0.4, 0.5) is 24.7 Å². The summed E-state index contributed by atoms with van der Waals surface area (Å²) in [5.41, 5.74) is 0.690. The molecular weight excluding hydrogens is 373 g/mol. The third kappa shape index (κ3) is 4.98. The first-order valence-corrected chi connectivity index (χ1v) is 8.98. The molecule has 0 aliphatic carbocycles. The average molecular weight is 394 g/mol. The average Bonchev–Trinajstić information content (AvgIpc) is 2.64. The summed E-state index contributed by atoms with van der Waals surface area (Å²) in [6, 6.07) is 7.09. The van der Waals surface area contributed by atoms with E-state index in [2.05, 4.69) is 15.2 Å². The molecule has 1 N–H and O–H groups in total. The number of nitrogens with one attached hydrogen (secondary N) is 1. The van der Waals surface area contributed by atoms with Gasteiger partial charge in [0.05, 0.1) is 10.5 Å². The first-order chi connectivity index (χ1) is 13.2. The van der Waals surface area contributed by atoms with Gasteiger partial charge in [-0.25, -0.2) is 4.98 Å². The largest absolute Gasteiger partial charge is 0.416 e. The number of hydrogen-bond acceptors (Lipinski definition) is 5. The number of likely N-dealkylation sites (tertiary alicyclic amines) is 1. The second kappa shape index (κ2) is 8.14. The minimum absolute atomic E-state index is 0.0426. The Balaban J connectivity index is 1.54.